The Morgan fingerprint density at radius 2 is 2.11 bits per heavy atom. The number of nitrogens with one attached hydrogen (secondary N) is 2. The Labute approximate surface area is 123 Å². The summed E-state index contributed by atoms with van der Waals surface area (Å²) in [6.07, 6.45) is 3.09. The molecule has 1 aliphatic carbocycles. The molecule has 106 valence electrons. The second-order valence-corrected chi connectivity index (χ2v) is 7.66. The van der Waals surface area contributed by atoms with Crippen LogP contribution in [0, 0.1) is 6.92 Å². The van der Waals surface area contributed by atoms with Crippen LogP contribution in [0.1, 0.15) is 24.8 Å². The van der Waals surface area contributed by atoms with E-state index in [2.05, 4.69) is 26.0 Å². The third-order valence-corrected chi connectivity index (χ3v) is 5.27. The molecule has 2 N–H and O–H groups in total. The maximum atomic E-state index is 11.9. The molecule has 0 spiro atoms. The first-order valence-corrected chi connectivity index (χ1v) is 8.91. The summed E-state index contributed by atoms with van der Waals surface area (Å²) in [6, 6.07) is 6.08. The number of halogens is 1. The van der Waals surface area contributed by atoms with Gasteiger partial charge in [-0.25, -0.2) is 8.42 Å². The summed E-state index contributed by atoms with van der Waals surface area (Å²) in [6.45, 7) is 2.73. The Bertz CT molecular complexity index is 542. The molecule has 0 atom stereocenters. The van der Waals surface area contributed by atoms with E-state index in [1.54, 1.807) is 12.1 Å². The number of hydrogen-bond donors (Lipinski definition) is 2. The molecule has 1 aromatic carbocycles. The van der Waals surface area contributed by atoms with Crippen molar-refractivity contribution in [2.75, 3.05) is 17.0 Å². The molecule has 0 unspecified atom stereocenters. The number of aryl methyl sites for hydroxylation is 1. The van der Waals surface area contributed by atoms with E-state index in [-0.39, 0.29) is 5.75 Å². The van der Waals surface area contributed by atoms with Gasteiger partial charge in [0.1, 0.15) is 0 Å². The minimum Gasteiger partial charge on any atom is -0.314 e. The maximum absolute atomic E-state index is 11.9. The van der Waals surface area contributed by atoms with Crippen LogP contribution in [0.4, 0.5) is 5.69 Å². The van der Waals surface area contributed by atoms with E-state index >= 15 is 0 Å². The van der Waals surface area contributed by atoms with Gasteiger partial charge in [-0.3, -0.25) is 4.72 Å². The van der Waals surface area contributed by atoms with Crippen molar-refractivity contribution in [2.24, 2.45) is 0 Å². The number of rotatable bonds is 7. The average molecular weight is 347 g/mol. The van der Waals surface area contributed by atoms with E-state index in [1.165, 1.54) is 12.8 Å². The van der Waals surface area contributed by atoms with Crippen LogP contribution in [-0.4, -0.2) is 26.8 Å². The van der Waals surface area contributed by atoms with Crippen molar-refractivity contribution in [3.8, 4) is 0 Å². The molecular formula is C13H19BrN2O2S. The molecule has 4 nitrogen and oxygen atoms in total. The topological polar surface area (TPSA) is 58.2 Å². The Morgan fingerprint density at radius 3 is 2.74 bits per heavy atom. The zero-order valence-corrected chi connectivity index (χ0v) is 13.4. The van der Waals surface area contributed by atoms with Gasteiger partial charge in [0.25, 0.3) is 0 Å². The predicted octanol–water partition coefficient (Wildman–Crippen LogP) is 2.64. The molecule has 0 radical (unpaired) electrons. The van der Waals surface area contributed by atoms with Crippen molar-refractivity contribution in [1.82, 2.24) is 5.32 Å². The van der Waals surface area contributed by atoms with Crippen molar-refractivity contribution in [1.29, 1.82) is 0 Å². The van der Waals surface area contributed by atoms with Crippen molar-refractivity contribution in [3.63, 3.8) is 0 Å². The summed E-state index contributed by atoms with van der Waals surface area (Å²) in [7, 11) is -3.25. The van der Waals surface area contributed by atoms with Crippen LogP contribution in [-0.2, 0) is 10.0 Å². The lowest BCUT2D eigenvalue weighted by Gasteiger charge is -2.09. The fraction of sp³-hybridized carbons (Fsp3) is 0.538. The molecular weight excluding hydrogens is 328 g/mol. The number of anilines is 1. The molecule has 1 saturated carbocycles. The first-order chi connectivity index (χ1) is 8.96. The highest BCUT2D eigenvalue weighted by Crippen LogP contribution is 2.21. The Balaban J connectivity index is 1.82. The van der Waals surface area contributed by atoms with Gasteiger partial charge in [-0.2, -0.15) is 0 Å². The highest BCUT2D eigenvalue weighted by Gasteiger charge is 2.20. The molecule has 0 bridgehead atoms. The van der Waals surface area contributed by atoms with Crippen molar-refractivity contribution in [2.45, 2.75) is 32.2 Å². The van der Waals surface area contributed by atoms with E-state index in [4.69, 9.17) is 0 Å². The van der Waals surface area contributed by atoms with Crippen LogP contribution < -0.4 is 10.0 Å². The quantitative estimate of drug-likeness (QED) is 0.746. The second kappa shape index (κ2) is 6.24. The van der Waals surface area contributed by atoms with E-state index in [0.29, 0.717) is 18.2 Å². The van der Waals surface area contributed by atoms with Crippen LogP contribution in [0.15, 0.2) is 22.7 Å². The van der Waals surface area contributed by atoms with Crippen molar-refractivity contribution >= 4 is 31.6 Å². The monoisotopic (exact) mass is 346 g/mol. The first-order valence-electron chi connectivity index (χ1n) is 6.46. The molecule has 1 aliphatic rings. The third-order valence-electron chi connectivity index (χ3n) is 3.05. The summed E-state index contributed by atoms with van der Waals surface area (Å²) in [5.41, 5.74) is 1.68. The predicted molar refractivity (Wildman–Crippen MR) is 81.9 cm³/mol. The Morgan fingerprint density at radius 1 is 1.37 bits per heavy atom. The average Bonchev–Trinajstić information content (AvgIpc) is 3.13. The molecule has 0 heterocycles. The molecule has 6 heteroatoms. The zero-order valence-electron chi connectivity index (χ0n) is 10.9. The van der Waals surface area contributed by atoms with Crippen LogP contribution in [0.3, 0.4) is 0 Å². The van der Waals surface area contributed by atoms with E-state index in [1.807, 2.05) is 13.0 Å². The molecule has 1 aromatic rings. The van der Waals surface area contributed by atoms with Crippen molar-refractivity contribution in [3.05, 3.63) is 28.2 Å². The molecule has 19 heavy (non-hydrogen) atoms. The van der Waals surface area contributed by atoms with Crippen LogP contribution in [0.25, 0.3) is 0 Å². The minimum absolute atomic E-state index is 0.151. The lowest BCUT2D eigenvalue weighted by atomic mass is 10.2. The zero-order chi connectivity index (χ0) is 13.9. The summed E-state index contributed by atoms with van der Waals surface area (Å²) in [4.78, 5) is 0. The van der Waals surface area contributed by atoms with Crippen LogP contribution >= 0.6 is 15.9 Å². The second-order valence-electron chi connectivity index (χ2n) is 4.97. The molecule has 0 amide bonds. The smallest absolute Gasteiger partial charge is 0.232 e. The standard InChI is InChI=1S/C13H19BrN2O2S/c1-10-3-4-12(9-13(10)14)16-19(17,18)8-2-7-15-11-5-6-11/h3-4,9,11,15-16H,2,5-8H2,1H3. The first kappa shape index (κ1) is 14.8. The van der Waals surface area contributed by atoms with E-state index in [9.17, 15) is 8.42 Å². The maximum Gasteiger partial charge on any atom is 0.232 e. The van der Waals surface area contributed by atoms with Gasteiger partial charge >= 0.3 is 0 Å². The van der Waals surface area contributed by atoms with Crippen LogP contribution in [0.2, 0.25) is 0 Å². The fourth-order valence-corrected chi connectivity index (χ4v) is 3.23. The fourth-order valence-electron chi connectivity index (χ4n) is 1.74. The van der Waals surface area contributed by atoms with E-state index < -0.39 is 10.0 Å². The molecule has 0 aromatic heterocycles. The number of benzene rings is 1. The highest BCUT2D eigenvalue weighted by molar-refractivity contribution is 9.10. The third kappa shape index (κ3) is 5.12. The summed E-state index contributed by atoms with van der Waals surface area (Å²) >= 11 is 3.40. The van der Waals surface area contributed by atoms with Gasteiger partial charge in [-0.15, -0.1) is 0 Å². The van der Waals surface area contributed by atoms with Crippen molar-refractivity contribution < 1.29 is 8.42 Å². The largest absolute Gasteiger partial charge is 0.314 e. The molecule has 2 rings (SSSR count). The normalized spacial score (nSPS) is 15.5. The van der Waals surface area contributed by atoms with Gasteiger partial charge in [0.2, 0.25) is 10.0 Å². The van der Waals surface area contributed by atoms with Gasteiger partial charge in [-0.1, -0.05) is 22.0 Å². The Hall–Kier alpha value is -0.590. The Kier molecular flexibility index (Phi) is 4.86. The van der Waals surface area contributed by atoms with Gasteiger partial charge in [0.15, 0.2) is 0 Å². The highest BCUT2D eigenvalue weighted by atomic mass is 79.9. The van der Waals surface area contributed by atoms with Gasteiger partial charge in [0, 0.05) is 16.2 Å². The molecule has 0 saturated heterocycles. The summed E-state index contributed by atoms with van der Waals surface area (Å²) in [5.74, 6) is 0.151. The van der Waals surface area contributed by atoms with Crippen LogP contribution in [0.5, 0.6) is 0 Å². The number of hydrogen-bond acceptors (Lipinski definition) is 3. The van der Waals surface area contributed by atoms with Gasteiger partial charge < -0.3 is 5.32 Å². The summed E-state index contributed by atoms with van der Waals surface area (Å²) in [5, 5.41) is 3.31. The lowest BCUT2D eigenvalue weighted by Crippen LogP contribution is -2.23. The summed E-state index contributed by atoms with van der Waals surface area (Å²) < 4.78 is 27.3. The molecule has 1 fully saturated rings. The lowest BCUT2D eigenvalue weighted by molar-refractivity contribution is 0.593. The SMILES string of the molecule is Cc1ccc(NS(=O)(=O)CCCNC2CC2)cc1Br. The van der Waals surface area contributed by atoms with Gasteiger partial charge in [0.05, 0.1) is 5.75 Å². The molecule has 0 aliphatic heterocycles. The minimum atomic E-state index is -3.25. The van der Waals surface area contributed by atoms with Gasteiger partial charge in [-0.05, 0) is 50.4 Å². The van der Waals surface area contributed by atoms with E-state index in [0.717, 1.165) is 16.6 Å². The number of sulfonamides is 1.